The normalized spacial score (nSPS) is 13.7. The fraction of sp³-hybridized carbons (Fsp3) is 0.438. The van der Waals surface area contributed by atoms with Crippen molar-refractivity contribution in [2.75, 3.05) is 19.0 Å². The van der Waals surface area contributed by atoms with Crippen molar-refractivity contribution in [3.63, 3.8) is 0 Å². The molecule has 1 aliphatic rings. The molecule has 0 unspecified atom stereocenters. The second-order valence-corrected chi connectivity index (χ2v) is 5.19. The Kier molecular flexibility index (Phi) is 3.63. The summed E-state index contributed by atoms with van der Waals surface area (Å²) in [5.74, 6) is 0.849. The Bertz CT molecular complexity index is 604. The van der Waals surface area contributed by atoms with E-state index in [-0.39, 0.29) is 0 Å². The molecule has 0 spiro atoms. The molecule has 0 aliphatic carbocycles. The highest BCUT2D eigenvalue weighted by molar-refractivity contribution is 5.71. The minimum absolute atomic E-state index is 0.849. The maximum atomic E-state index is 5.47. The average Bonchev–Trinajstić information content (AvgIpc) is 2.90. The van der Waals surface area contributed by atoms with Crippen LogP contribution in [0.1, 0.15) is 25.3 Å². The first-order valence-corrected chi connectivity index (χ1v) is 7.30. The van der Waals surface area contributed by atoms with Crippen molar-refractivity contribution >= 4 is 5.69 Å². The number of rotatable bonds is 4. The summed E-state index contributed by atoms with van der Waals surface area (Å²) in [5.41, 5.74) is 4.93. The van der Waals surface area contributed by atoms with Crippen LogP contribution >= 0.6 is 0 Å². The third-order valence-corrected chi connectivity index (χ3v) is 3.78. The van der Waals surface area contributed by atoms with Crippen molar-refractivity contribution in [2.24, 2.45) is 0 Å². The van der Waals surface area contributed by atoms with E-state index in [1.54, 1.807) is 7.11 Å². The van der Waals surface area contributed by atoms with Crippen LogP contribution in [-0.4, -0.2) is 23.4 Å². The van der Waals surface area contributed by atoms with Crippen LogP contribution in [0, 0.1) is 0 Å². The Labute approximate surface area is 119 Å². The molecule has 3 rings (SSSR count). The van der Waals surface area contributed by atoms with Gasteiger partial charge in [-0.2, -0.15) is 5.10 Å². The lowest BCUT2D eigenvalue weighted by molar-refractivity contribution is 0.415. The highest BCUT2D eigenvalue weighted by atomic mass is 16.5. The van der Waals surface area contributed by atoms with Crippen LogP contribution in [0.25, 0.3) is 11.3 Å². The van der Waals surface area contributed by atoms with Crippen LogP contribution < -0.4 is 10.1 Å². The van der Waals surface area contributed by atoms with Crippen molar-refractivity contribution in [3.8, 4) is 17.0 Å². The summed E-state index contributed by atoms with van der Waals surface area (Å²) in [4.78, 5) is 0. The Morgan fingerprint density at radius 3 is 3.10 bits per heavy atom. The molecule has 2 aromatic rings. The molecule has 20 heavy (non-hydrogen) atoms. The van der Waals surface area contributed by atoms with Crippen LogP contribution in [0.4, 0.5) is 5.69 Å². The number of methoxy groups -OCH3 is 1. The van der Waals surface area contributed by atoms with Crippen LogP contribution in [0.2, 0.25) is 0 Å². The lowest BCUT2D eigenvalue weighted by Crippen LogP contribution is -2.11. The van der Waals surface area contributed by atoms with Crippen LogP contribution in [0.15, 0.2) is 24.4 Å². The fourth-order valence-corrected chi connectivity index (χ4v) is 2.81. The van der Waals surface area contributed by atoms with Crippen LogP contribution in [0.5, 0.6) is 5.75 Å². The van der Waals surface area contributed by atoms with Gasteiger partial charge < -0.3 is 10.1 Å². The smallest absolute Gasteiger partial charge is 0.164 e. The van der Waals surface area contributed by atoms with Crippen molar-refractivity contribution in [1.82, 2.24) is 9.78 Å². The van der Waals surface area contributed by atoms with Gasteiger partial charge in [0.25, 0.3) is 0 Å². The van der Waals surface area contributed by atoms with E-state index in [2.05, 4.69) is 35.5 Å². The SMILES string of the molecule is CCCn1ncc(OC)c1-c1ccc2c(c1)CCCN2. The summed E-state index contributed by atoms with van der Waals surface area (Å²) in [5, 5.41) is 7.89. The number of anilines is 1. The molecule has 0 amide bonds. The summed E-state index contributed by atoms with van der Waals surface area (Å²) in [6.45, 7) is 4.15. The van der Waals surface area contributed by atoms with Gasteiger partial charge in [-0.1, -0.05) is 13.0 Å². The molecule has 2 heterocycles. The number of nitrogens with one attached hydrogen (secondary N) is 1. The van der Waals surface area contributed by atoms with E-state index < -0.39 is 0 Å². The summed E-state index contributed by atoms with van der Waals surface area (Å²) < 4.78 is 7.51. The molecule has 1 aromatic carbocycles. The number of aryl methyl sites for hydroxylation is 2. The van der Waals surface area contributed by atoms with Gasteiger partial charge in [0, 0.05) is 24.3 Å². The fourth-order valence-electron chi connectivity index (χ4n) is 2.81. The van der Waals surface area contributed by atoms with Gasteiger partial charge in [-0.15, -0.1) is 0 Å². The van der Waals surface area contributed by atoms with E-state index in [4.69, 9.17) is 4.74 Å². The first kappa shape index (κ1) is 13.0. The number of benzene rings is 1. The largest absolute Gasteiger partial charge is 0.493 e. The maximum Gasteiger partial charge on any atom is 0.164 e. The molecule has 4 nitrogen and oxygen atoms in total. The van der Waals surface area contributed by atoms with E-state index in [0.717, 1.165) is 37.4 Å². The number of fused-ring (bicyclic) bond motifs is 1. The molecule has 0 fully saturated rings. The van der Waals surface area contributed by atoms with E-state index in [1.807, 2.05) is 10.9 Å². The van der Waals surface area contributed by atoms with Gasteiger partial charge in [0.1, 0.15) is 5.69 Å². The molecule has 1 N–H and O–H groups in total. The Morgan fingerprint density at radius 1 is 1.40 bits per heavy atom. The van der Waals surface area contributed by atoms with E-state index in [0.29, 0.717) is 0 Å². The third-order valence-electron chi connectivity index (χ3n) is 3.78. The first-order valence-electron chi connectivity index (χ1n) is 7.30. The first-order chi connectivity index (χ1) is 9.83. The number of ether oxygens (including phenoxy) is 1. The van der Waals surface area contributed by atoms with Crippen molar-refractivity contribution in [2.45, 2.75) is 32.7 Å². The summed E-state index contributed by atoms with van der Waals surface area (Å²) >= 11 is 0. The zero-order valence-corrected chi connectivity index (χ0v) is 12.1. The predicted octanol–water partition coefficient (Wildman–Crippen LogP) is 3.33. The van der Waals surface area contributed by atoms with E-state index in [1.165, 1.54) is 23.2 Å². The molecule has 0 atom stereocenters. The van der Waals surface area contributed by atoms with Crippen molar-refractivity contribution in [1.29, 1.82) is 0 Å². The van der Waals surface area contributed by atoms with E-state index >= 15 is 0 Å². The third kappa shape index (κ3) is 2.26. The maximum absolute atomic E-state index is 5.47. The second kappa shape index (κ2) is 5.57. The quantitative estimate of drug-likeness (QED) is 0.927. The van der Waals surface area contributed by atoms with Gasteiger partial charge in [-0.05, 0) is 37.0 Å². The Morgan fingerprint density at radius 2 is 2.30 bits per heavy atom. The van der Waals surface area contributed by atoms with E-state index in [9.17, 15) is 0 Å². The average molecular weight is 271 g/mol. The minimum Gasteiger partial charge on any atom is -0.493 e. The van der Waals surface area contributed by atoms with Gasteiger partial charge in [0.05, 0.1) is 13.3 Å². The predicted molar refractivity (Wildman–Crippen MR) is 81.3 cm³/mol. The lowest BCUT2D eigenvalue weighted by atomic mass is 9.99. The summed E-state index contributed by atoms with van der Waals surface area (Å²) in [6.07, 6.45) is 5.20. The Hall–Kier alpha value is -1.97. The second-order valence-electron chi connectivity index (χ2n) is 5.19. The molecule has 106 valence electrons. The van der Waals surface area contributed by atoms with Crippen LogP contribution in [0.3, 0.4) is 0 Å². The molecule has 0 bridgehead atoms. The summed E-state index contributed by atoms with van der Waals surface area (Å²) in [6, 6.07) is 6.60. The number of aromatic nitrogens is 2. The topological polar surface area (TPSA) is 39.1 Å². The molecule has 0 saturated carbocycles. The molecular formula is C16H21N3O. The molecule has 1 aliphatic heterocycles. The van der Waals surface area contributed by atoms with Gasteiger partial charge in [0.15, 0.2) is 5.75 Å². The number of hydrogen-bond donors (Lipinski definition) is 1. The van der Waals surface area contributed by atoms with Gasteiger partial charge in [0.2, 0.25) is 0 Å². The molecule has 1 aromatic heterocycles. The standard InChI is InChI=1S/C16H21N3O/c1-3-9-19-16(15(20-2)11-18-19)13-6-7-14-12(10-13)5-4-8-17-14/h6-7,10-11,17H,3-5,8-9H2,1-2H3. The van der Waals surface area contributed by atoms with Crippen molar-refractivity contribution < 1.29 is 4.74 Å². The molecule has 0 saturated heterocycles. The Balaban J connectivity index is 2.05. The van der Waals surface area contributed by atoms with Gasteiger partial charge in [-0.25, -0.2) is 0 Å². The minimum atomic E-state index is 0.849. The zero-order valence-electron chi connectivity index (χ0n) is 12.1. The highest BCUT2D eigenvalue weighted by Crippen LogP contribution is 2.33. The van der Waals surface area contributed by atoms with Crippen LogP contribution in [-0.2, 0) is 13.0 Å². The zero-order chi connectivity index (χ0) is 13.9. The van der Waals surface area contributed by atoms with Gasteiger partial charge in [-0.3, -0.25) is 4.68 Å². The van der Waals surface area contributed by atoms with Gasteiger partial charge >= 0.3 is 0 Å². The van der Waals surface area contributed by atoms with Crippen molar-refractivity contribution in [3.05, 3.63) is 30.0 Å². The number of nitrogens with zero attached hydrogens (tertiary/aromatic N) is 2. The summed E-state index contributed by atoms with van der Waals surface area (Å²) in [7, 11) is 1.71. The monoisotopic (exact) mass is 271 g/mol. The lowest BCUT2D eigenvalue weighted by Gasteiger charge is -2.19. The highest BCUT2D eigenvalue weighted by Gasteiger charge is 2.16. The molecular weight excluding hydrogens is 250 g/mol. The number of hydrogen-bond acceptors (Lipinski definition) is 3. The molecule has 0 radical (unpaired) electrons. The molecule has 4 heteroatoms.